The van der Waals surface area contributed by atoms with Gasteiger partial charge in [0.15, 0.2) is 5.11 Å². The van der Waals surface area contributed by atoms with Crippen molar-refractivity contribution in [2.75, 3.05) is 20.3 Å². The van der Waals surface area contributed by atoms with E-state index in [2.05, 4.69) is 15.5 Å². The van der Waals surface area contributed by atoms with Crippen molar-refractivity contribution in [3.05, 3.63) is 77.1 Å². The third-order valence-corrected chi connectivity index (χ3v) is 5.81. The van der Waals surface area contributed by atoms with E-state index in [0.717, 1.165) is 34.4 Å². The lowest BCUT2D eigenvalue weighted by atomic mass is 9.94. The van der Waals surface area contributed by atoms with E-state index in [1.54, 1.807) is 13.2 Å². The second kappa shape index (κ2) is 9.58. The molecule has 1 unspecified atom stereocenters. The first-order valence-corrected chi connectivity index (χ1v) is 10.8. The number of rotatable bonds is 7. The number of nitrogens with zero attached hydrogens (tertiary/aromatic N) is 3. The molecule has 4 rings (SSSR count). The Morgan fingerprint density at radius 2 is 1.97 bits per heavy atom. The highest BCUT2D eigenvalue weighted by Gasteiger charge is 2.34. The number of thiocarbonyl (C=S) groups is 1. The number of hydrogen-bond donors (Lipinski definition) is 1. The van der Waals surface area contributed by atoms with Crippen molar-refractivity contribution in [1.29, 1.82) is 0 Å². The topological polar surface area (TPSA) is 63.4 Å². The van der Waals surface area contributed by atoms with Crippen molar-refractivity contribution < 1.29 is 13.7 Å². The fourth-order valence-corrected chi connectivity index (χ4v) is 4.13. The number of benzene rings is 2. The third-order valence-electron chi connectivity index (χ3n) is 5.47. The lowest BCUT2D eigenvalue weighted by molar-refractivity contribution is 0.188. The minimum atomic E-state index is -0.414. The molecule has 1 atom stereocenters. The van der Waals surface area contributed by atoms with E-state index >= 15 is 0 Å². The van der Waals surface area contributed by atoms with Crippen LogP contribution in [0.4, 0.5) is 4.39 Å². The average molecular weight is 453 g/mol. The SMILES string of the molecule is COCCCN1C(=S)NC(c2cccc(F)c2)C(c2nc(-c3ccc(C)cc3)no2)=C1C. The number of ether oxygens (including phenoxy) is 1. The highest BCUT2D eigenvalue weighted by molar-refractivity contribution is 7.80. The maximum atomic E-state index is 14.0. The van der Waals surface area contributed by atoms with Crippen molar-refractivity contribution in [3.8, 4) is 11.4 Å². The monoisotopic (exact) mass is 452 g/mol. The van der Waals surface area contributed by atoms with Gasteiger partial charge in [0.2, 0.25) is 5.82 Å². The standard InChI is InChI=1S/C24H25FN4O2S/c1-15-8-10-17(11-9-15)22-27-23(31-28-22)20-16(2)29(12-5-13-30-3)24(32)26-21(20)18-6-4-7-19(25)14-18/h4,6-11,14,21H,5,12-13H2,1-3H3,(H,26,32). The first-order chi connectivity index (χ1) is 15.5. The van der Waals surface area contributed by atoms with Crippen LogP contribution in [0.3, 0.4) is 0 Å². The van der Waals surface area contributed by atoms with Gasteiger partial charge in [0.05, 0.1) is 11.6 Å². The van der Waals surface area contributed by atoms with Crippen LogP contribution < -0.4 is 5.32 Å². The molecular weight excluding hydrogens is 427 g/mol. The van der Waals surface area contributed by atoms with E-state index in [9.17, 15) is 4.39 Å². The van der Waals surface area contributed by atoms with Crippen molar-refractivity contribution in [2.45, 2.75) is 26.3 Å². The van der Waals surface area contributed by atoms with Crippen LogP contribution in [0.5, 0.6) is 0 Å². The summed E-state index contributed by atoms with van der Waals surface area (Å²) in [5.41, 5.74) is 4.40. The predicted molar refractivity (Wildman–Crippen MR) is 125 cm³/mol. The summed E-state index contributed by atoms with van der Waals surface area (Å²) in [7, 11) is 1.67. The molecule has 0 amide bonds. The fraction of sp³-hybridized carbons (Fsp3) is 0.292. The molecule has 6 nitrogen and oxygen atoms in total. The van der Waals surface area contributed by atoms with Gasteiger partial charge < -0.3 is 19.5 Å². The maximum absolute atomic E-state index is 14.0. The molecule has 1 aliphatic heterocycles. The highest BCUT2D eigenvalue weighted by Crippen LogP contribution is 2.37. The third kappa shape index (κ3) is 4.56. The molecule has 1 aliphatic rings. The molecule has 32 heavy (non-hydrogen) atoms. The smallest absolute Gasteiger partial charge is 0.258 e. The second-order valence-electron chi connectivity index (χ2n) is 7.72. The Hall–Kier alpha value is -3.10. The first-order valence-electron chi connectivity index (χ1n) is 10.4. The molecule has 8 heteroatoms. The van der Waals surface area contributed by atoms with Crippen LogP contribution in [0.1, 0.15) is 36.4 Å². The van der Waals surface area contributed by atoms with Gasteiger partial charge in [-0.05, 0) is 50.2 Å². The largest absolute Gasteiger partial charge is 0.385 e. The van der Waals surface area contributed by atoms with Gasteiger partial charge >= 0.3 is 0 Å². The van der Waals surface area contributed by atoms with Crippen molar-refractivity contribution in [1.82, 2.24) is 20.4 Å². The van der Waals surface area contributed by atoms with Gasteiger partial charge in [0.1, 0.15) is 5.82 Å². The fourth-order valence-electron chi connectivity index (χ4n) is 3.78. The summed E-state index contributed by atoms with van der Waals surface area (Å²) in [4.78, 5) is 6.67. The van der Waals surface area contributed by atoms with Crippen molar-refractivity contribution in [2.24, 2.45) is 0 Å². The molecule has 2 aromatic carbocycles. The van der Waals surface area contributed by atoms with Crippen molar-refractivity contribution >= 4 is 22.9 Å². The summed E-state index contributed by atoms with van der Waals surface area (Å²) in [6.07, 6.45) is 0.798. The number of aryl methyl sites for hydroxylation is 1. The molecule has 0 aliphatic carbocycles. The number of halogens is 1. The molecule has 0 spiro atoms. The van der Waals surface area contributed by atoms with Crippen LogP contribution in [0.15, 0.2) is 58.8 Å². The quantitative estimate of drug-likeness (QED) is 0.405. The number of nitrogens with one attached hydrogen (secondary N) is 1. The molecule has 3 aromatic rings. The van der Waals surface area contributed by atoms with E-state index < -0.39 is 6.04 Å². The second-order valence-corrected chi connectivity index (χ2v) is 8.11. The molecule has 0 bridgehead atoms. The molecule has 0 saturated carbocycles. The summed E-state index contributed by atoms with van der Waals surface area (Å²) < 4.78 is 24.9. The van der Waals surface area contributed by atoms with Gasteiger partial charge in [-0.15, -0.1) is 0 Å². The van der Waals surface area contributed by atoms with Crippen LogP contribution in [0, 0.1) is 12.7 Å². The average Bonchev–Trinajstić information content (AvgIpc) is 3.26. The van der Waals surface area contributed by atoms with E-state index in [1.165, 1.54) is 12.1 Å². The van der Waals surface area contributed by atoms with Crippen LogP contribution in [-0.4, -0.2) is 40.4 Å². The molecule has 1 aromatic heterocycles. The van der Waals surface area contributed by atoms with Gasteiger partial charge in [0.25, 0.3) is 5.89 Å². The Kier molecular flexibility index (Phi) is 6.62. The first kappa shape index (κ1) is 22.1. The predicted octanol–water partition coefficient (Wildman–Crippen LogP) is 4.88. The zero-order valence-electron chi connectivity index (χ0n) is 18.3. The molecule has 0 radical (unpaired) electrons. The maximum Gasteiger partial charge on any atom is 0.258 e. The van der Waals surface area contributed by atoms with Crippen LogP contribution in [0.2, 0.25) is 0 Å². The van der Waals surface area contributed by atoms with Gasteiger partial charge in [-0.3, -0.25) is 0 Å². The zero-order chi connectivity index (χ0) is 22.7. The lowest BCUT2D eigenvalue weighted by Gasteiger charge is -2.37. The Bertz CT molecular complexity index is 1140. The minimum Gasteiger partial charge on any atom is -0.385 e. The van der Waals surface area contributed by atoms with Crippen molar-refractivity contribution in [3.63, 3.8) is 0 Å². The Balaban J connectivity index is 1.77. The molecular formula is C24H25FN4O2S. The Labute approximate surface area is 192 Å². The lowest BCUT2D eigenvalue weighted by Crippen LogP contribution is -2.46. The van der Waals surface area contributed by atoms with Crippen LogP contribution >= 0.6 is 12.2 Å². The van der Waals surface area contributed by atoms with Crippen LogP contribution in [0.25, 0.3) is 17.0 Å². The molecule has 0 saturated heterocycles. The highest BCUT2D eigenvalue weighted by atomic mass is 32.1. The van der Waals surface area contributed by atoms with Gasteiger partial charge in [-0.2, -0.15) is 4.98 Å². The van der Waals surface area contributed by atoms with Gasteiger partial charge in [0, 0.05) is 31.5 Å². The summed E-state index contributed by atoms with van der Waals surface area (Å²) in [5, 5.41) is 8.10. The number of allylic oxidation sites excluding steroid dienone is 1. The zero-order valence-corrected chi connectivity index (χ0v) is 19.1. The van der Waals surface area contributed by atoms with E-state index in [0.29, 0.717) is 30.0 Å². The van der Waals surface area contributed by atoms with Crippen LogP contribution in [-0.2, 0) is 4.74 Å². The summed E-state index contributed by atoms with van der Waals surface area (Å²) in [6, 6.07) is 14.0. The number of methoxy groups -OCH3 is 1. The number of aromatic nitrogens is 2. The molecule has 0 fully saturated rings. The van der Waals surface area contributed by atoms with Gasteiger partial charge in [-0.25, -0.2) is 4.39 Å². The Morgan fingerprint density at radius 1 is 1.19 bits per heavy atom. The molecule has 1 N–H and O–H groups in total. The van der Waals surface area contributed by atoms with E-state index in [4.69, 9.17) is 21.5 Å². The van der Waals surface area contributed by atoms with E-state index in [1.807, 2.05) is 49.1 Å². The van der Waals surface area contributed by atoms with Gasteiger partial charge in [-0.1, -0.05) is 47.1 Å². The van der Waals surface area contributed by atoms with E-state index in [-0.39, 0.29) is 5.82 Å². The molecule has 2 heterocycles. The normalized spacial score (nSPS) is 16.4. The summed E-state index contributed by atoms with van der Waals surface area (Å²) in [6.45, 7) is 5.28. The summed E-state index contributed by atoms with van der Waals surface area (Å²) >= 11 is 5.64. The Morgan fingerprint density at radius 3 is 2.69 bits per heavy atom. The molecule has 166 valence electrons. The number of hydrogen-bond acceptors (Lipinski definition) is 5. The minimum absolute atomic E-state index is 0.319. The summed E-state index contributed by atoms with van der Waals surface area (Å²) in [5.74, 6) is 0.553.